The van der Waals surface area contributed by atoms with Crippen molar-refractivity contribution in [2.75, 3.05) is 56.6 Å². The van der Waals surface area contributed by atoms with Crippen LogP contribution in [0.15, 0.2) is 24.7 Å². The molecule has 3 aromatic rings. The number of nitrogens with one attached hydrogen (secondary N) is 2. The Labute approximate surface area is 249 Å². The number of amides is 1. The summed E-state index contributed by atoms with van der Waals surface area (Å²) >= 11 is 0. The topological polar surface area (TPSA) is 105 Å². The summed E-state index contributed by atoms with van der Waals surface area (Å²) in [7, 11) is 2.22. The largest absolute Gasteiger partial charge is 0.374 e. The van der Waals surface area contributed by atoms with Gasteiger partial charge in [-0.25, -0.2) is 18.3 Å². The fourth-order valence-corrected chi connectivity index (χ4v) is 7.51. The zero-order valence-corrected chi connectivity index (χ0v) is 24.7. The molecule has 0 radical (unpaired) electrons. The third-order valence-electron chi connectivity index (χ3n) is 9.80. The number of piperidine rings is 1. The molecule has 3 aromatic heterocycles. The molecule has 7 rings (SSSR count). The minimum atomic E-state index is -2.81. The van der Waals surface area contributed by atoms with Crippen LogP contribution in [0.3, 0.4) is 0 Å². The van der Waals surface area contributed by atoms with Crippen LogP contribution < -0.4 is 15.5 Å². The minimum absolute atomic E-state index is 0.0355. The number of alkyl halides is 2. The highest BCUT2D eigenvalue weighted by molar-refractivity contribution is 6.08. The molecule has 0 spiro atoms. The Kier molecular flexibility index (Phi) is 8.04. The number of morpholine rings is 1. The number of aromatic nitrogens is 5. The van der Waals surface area contributed by atoms with Crippen LogP contribution in [0.2, 0.25) is 0 Å². The van der Waals surface area contributed by atoms with Crippen LogP contribution in [0.5, 0.6) is 0 Å². The molecule has 13 heteroatoms. The Balaban J connectivity index is 1.00. The lowest BCUT2D eigenvalue weighted by Gasteiger charge is -2.33. The SMILES string of the molecule is CN(CC1CCNCC1)CC1CCC(n2cc(NC(=O)c3cnn4ccc(N5C[C@H]6C[C@@H]5CO6)nc34)c(C(F)F)n2)CC1. The zero-order chi connectivity index (χ0) is 29.5. The molecular formula is C30H41F2N9O2. The van der Waals surface area contributed by atoms with Crippen LogP contribution in [0, 0.1) is 11.8 Å². The molecule has 3 aliphatic heterocycles. The molecular weight excluding hydrogens is 556 g/mol. The van der Waals surface area contributed by atoms with E-state index >= 15 is 0 Å². The number of anilines is 2. The van der Waals surface area contributed by atoms with E-state index in [1.165, 1.54) is 23.6 Å². The molecule has 2 N–H and O–H groups in total. The lowest BCUT2D eigenvalue weighted by molar-refractivity contribution is 0.0988. The van der Waals surface area contributed by atoms with Crippen molar-refractivity contribution in [3.8, 4) is 0 Å². The molecule has 0 unspecified atom stereocenters. The first-order valence-electron chi connectivity index (χ1n) is 15.7. The van der Waals surface area contributed by atoms with Gasteiger partial charge in [0.2, 0.25) is 0 Å². The molecule has 232 valence electrons. The first-order valence-corrected chi connectivity index (χ1v) is 15.7. The average molecular weight is 598 g/mol. The second-order valence-corrected chi connectivity index (χ2v) is 12.9. The van der Waals surface area contributed by atoms with Gasteiger partial charge >= 0.3 is 0 Å². The molecule has 1 saturated carbocycles. The maximum atomic E-state index is 14.1. The number of halogens is 2. The number of rotatable bonds is 9. The van der Waals surface area contributed by atoms with E-state index in [4.69, 9.17) is 9.72 Å². The summed E-state index contributed by atoms with van der Waals surface area (Å²) in [6.07, 6.45) is 9.46. The fraction of sp³-hybridized carbons (Fsp3) is 0.667. The van der Waals surface area contributed by atoms with Crippen molar-refractivity contribution in [1.29, 1.82) is 0 Å². The second-order valence-electron chi connectivity index (χ2n) is 12.9. The van der Waals surface area contributed by atoms with Gasteiger partial charge in [-0.2, -0.15) is 10.2 Å². The van der Waals surface area contributed by atoms with E-state index in [1.54, 1.807) is 17.1 Å². The van der Waals surface area contributed by atoms with E-state index in [0.29, 0.717) is 18.2 Å². The van der Waals surface area contributed by atoms with Crippen LogP contribution in [0.25, 0.3) is 5.65 Å². The third-order valence-corrected chi connectivity index (χ3v) is 9.80. The van der Waals surface area contributed by atoms with Crippen molar-refractivity contribution in [3.63, 3.8) is 0 Å². The van der Waals surface area contributed by atoms with Crippen molar-refractivity contribution in [1.82, 2.24) is 34.6 Å². The molecule has 1 aliphatic carbocycles. The monoisotopic (exact) mass is 597 g/mol. The van der Waals surface area contributed by atoms with E-state index in [0.717, 1.165) is 76.6 Å². The third kappa shape index (κ3) is 5.99. The van der Waals surface area contributed by atoms with Gasteiger partial charge in [0.05, 0.1) is 36.7 Å². The van der Waals surface area contributed by atoms with Gasteiger partial charge in [0.1, 0.15) is 11.4 Å². The normalized spacial score (nSPS) is 26.3. The van der Waals surface area contributed by atoms with E-state index in [2.05, 4.69) is 37.7 Å². The van der Waals surface area contributed by atoms with Crippen molar-refractivity contribution < 1.29 is 18.3 Å². The molecule has 2 atom stereocenters. The van der Waals surface area contributed by atoms with E-state index in [9.17, 15) is 13.6 Å². The first-order chi connectivity index (χ1) is 20.9. The molecule has 1 amide bonds. The summed E-state index contributed by atoms with van der Waals surface area (Å²) in [5.41, 5.74) is 0.237. The van der Waals surface area contributed by atoms with Gasteiger partial charge in [-0.3, -0.25) is 9.48 Å². The summed E-state index contributed by atoms with van der Waals surface area (Å²) in [5.74, 6) is 1.59. The van der Waals surface area contributed by atoms with Crippen molar-refractivity contribution in [2.24, 2.45) is 11.8 Å². The molecule has 3 saturated heterocycles. The van der Waals surface area contributed by atoms with Crippen molar-refractivity contribution >= 4 is 23.1 Å². The van der Waals surface area contributed by atoms with Gasteiger partial charge in [0, 0.05) is 32.0 Å². The summed E-state index contributed by atoms with van der Waals surface area (Å²) in [4.78, 5) is 22.8. The molecule has 43 heavy (non-hydrogen) atoms. The van der Waals surface area contributed by atoms with Gasteiger partial charge in [0.15, 0.2) is 11.3 Å². The molecule has 4 fully saturated rings. The number of carbonyl (C=O) groups is 1. The summed E-state index contributed by atoms with van der Waals surface area (Å²) in [6.45, 7) is 5.87. The predicted molar refractivity (Wildman–Crippen MR) is 158 cm³/mol. The smallest absolute Gasteiger partial charge is 0.284 e. The molecule has 11 nitrogen and oxygen atoms in total. The van der Waals surface area contributed by atoms with Gasteiger partial charge in [-0.1, -0.05) is 0 Å². The second kappa shape index (κ2) is 12.1. The minimum Gasteiger partial charge on any atom is -0.374 e. The Morgan fingerprint density at radius 2 is 1.91 bits per heavy atom. The van der Waals surface area contributed by atoms with Crippen molar-refractivity contribution in [2.45, 2.75) is 69.6 Å². The van der Waals surface area contributed by atoms with Gasteiger partial charge < -0.3 is 25.2 Å². The van der Waals surface area contributed by atoms with Gasteiger partial charge in [-0.15, -0.1) is 0 Å². The number of hydrogen-bond donors (Lipinski definition) is 2. The van der Waals surface area contributed by atoms with E-state index in [-0.39, 0.29) is 29.4 Å². The average Bonchev–Trinajstić information content (AvgIpc) is 3.81. The number of hydrogen-bond acceptors (Lipinski definition) is 8. The number of nitrogens with zero attached hydrogens (tertiary/aromatic N) is 7. The number of carbonyl (C=O) groups excluding carboxylic acids is 1. The van der Waals surface area contributed by atoms with Crippen LogP contribution in [0.1, 0.15) is 73.5 Å². The summed E-state index contributed by atoms with van der Waals surface area (Å²) < 4.78 is 37.0. The maximum Gasteiger partial charge on any atom is 0.284 e. The number of fused-ring (bicyclic) bond motifs is 3. The Morgan fingerprint density at radius 1 is 1.14 bits per heavy atom. The molecule has 0 aromatic carbocycles. The van der Waals surface area contributed by atoms with Crippen molar-refractivity contribution in [3.05, 3.63) is 35.9 Å². The Morgan fingerprint density at radius 3 is 2.60 bits per heavy atom. The van der Waals surface area contributed by atoms with Crippen LogP contribution in [0.4, 0.5) is 20.3 Å². The lowest BCUT2D eigenvalue weighted by atomic mass is 9.85. The highest BCUT2D eigenvalue weighted by Crippen LogP contribution is 2.36. The summed E-state index contributed by atoms with van der Waals surface area (Å²) in [5, 5.41) is 14.7. The lowest BCUT2D eigenvalue weighted by Crippen LogP contribution is -2.37. The van der Waals surface area contributed by atoms with E-state index < -0.39 is 18.0 Å². The molecule has 2 bridgehead atoms. The zero-order valence-electron chi connectivity index (χ0n) is 24.7. The highest BCUT2D eigenvalue weighted by Gasteiger charge is 2.40. The fourth-order valence-electron chi connectivity index (χ4n) is 7.51. The first kappa shape index (κ1) is 28.6. The number of ether oxygens (including phenoxy) is 1. The standard InChI is InChI=1S/C30H41F2N9O2/c1-38(15-20-6-9-33-10-7-20)14-19-2-4-21(5-3-19)41-17-25(27(37-41)28(31)32)35-30(42)24-13-34-40-11-8-26(36-29(24)40)39-16-23-12-22(39)18-43-23/h8,11,13,17,19-23,28,33H,2-7,9-10,12,14-16,18H2,1H3,(H,35,42)/t19?,21?,22-,23-/m1/s1. The van der Waals surface area contributed by atoms with E-state index in [1.807, 2.05) is 6.07 Å². The van der Waals surface area contributed by atoms with Crippen LogP contribution in [-0.4, -0.2) is 93.7 Å². The Hall–Kier alpha value is -3.16. The maximum absolute atomic E-state index is 14.1. The predicted octanol–water partition coefficient (Wildman–Crippen LogP) is 3.76. The van der Waals surface area contributed by atoms with Gasteiger partial charge in [0.25, 0.3) is 12.3 Å². The quantitative estimate of drug-likeness (QED) is 0.385. The van der Waals surface area contributed by atoms with Crippen LogP contribution in [-0.2, 0) is 4.74 Å². The van der Waals surface area contributed by atoms with Crippen LogP contribution >= 0.6 is 0 Å². The summed E-state index contributed by atoms with van der Waals surface area (Å²) in [6, 6.07) is 2.19. The van der Waals surface area contributed by atoms with Gasteiger partial charge in [-0.05, 0) is 83.0 Å². The molecule has 6 heterocycles. The highest BCUT2D eigenvalue weighted by atomic mass is 19.3. The Bertz CT molecular complexity index is 1430. The molecule has 4 aliphatic rings.